The number of aliphatic hydroxyl groups excluding tert-OH is 1. The van der Waals surface area contributed by atoms with Gasteiger partial charge in [-0.2, -0.15) is 0 Å². The standard InChI is InChI=1S/C13H23NOS/c1-3-5-12(14)13(15)9-8-11-7-6-10(4-2)16-11/h6-7,12-13,15H,3-5,8-9,14H2,1-2H3. The first-order valence-corrected chi connectivity index (χ1v) is 7.00. The molecule has 16 heavy (non-hydrogen) atoms. The van der Waals surface area contributed by atoms with E-state index < -0.39 is 0 Å². The Kier molecular flexibility index (Phi) is 6.03. The molecule has 3 heteroatoms. The molecule has 1 aromatic heterocycles. The lowest BCUT2D eigenvalue weighted by atomic mass is 10.0. The molecule has 0 saturated carbocycles. The van der Waals surface area contributed by atoms with E-state index in [1.54, 1.807) is 0 Å². The zero-order chi connectivity index (χ0) is 12.0. The Labute approximate surface area is 102 Å². The fourth-order valence-electron chi connectivity index (χ4n) is 1.78. The van der Waals surface area contributed by atoms with Crippen molar-refractivity contribution in [2.45, 2.75) is 58.1 Å². The number of hydrogen-bond acceptors (Lipinski definition) is 3. The van der Waals surface area contributed by atoms with Gasteiger partial charge in [-0.15, -0.1) is 11.3 Å². The molecule has 0 aliphatic carbocycles. The molecule has 0 amide bonds. The zero-order valence-corrected chi connectivity index (χ0v) is 11.1. The van der Waals surface area contributed by atoms with Crippen molar-refractivity contribution in [2.75, 3.05) is 0 Å². The monoisotopic (exact) mass is 241 g/mol. The highest BCUT2D eigenvalue weighted by molar-refractivity contribution is 7.11. The molecule has 0 bridgehead atoms. The molecule has 2 atom stereocenters. The topological polar surface area (TPSA) is 46.2 Å². The molecule has 1 aromatic rings. The summed E-state index contributed by atoms with van der Waals surface area (Å²) in [4.78, 5) is 2.78. The van der Waals surface area contributed by atoms with Crippen LogP contribution in [0.2, 0.25) is 0 Å². The molecule has 0 spiro atoms. The van der Waals surface area contributed by atoms with Gasteiger partial charge in [0.2, 0.25) is 0 Å². The van der Waals surface area contributed by atoms with Gasteiger partial charge < -0.3 is 10.8 Å². The minimum Gasteiger partial charge on any atom is -0.392 e. The quantitative estimate of drug-likeness (QED) is 0.771. The number of aryl methyl sites for hydroxylation is 2. The van der Waals surface area contributed by atoms with Crippen LogP contribution in [0.15, 0.2) is 12.1 Å². The van der Waals surface area contributed by atoms with Crippen molar-refractivity contribution in [3.8, 4) is 0 Å². The second kappa shape index (κ2) is 7.05. The van der Waals surface area contributed by atoms with Crippen molar-refractivity contribution in [1.82, 2.24) is 0 Å². The van der Waals surface area contributed by atoms with Gasteiger partial charge in [0, 0.05) is 15.8 Å². The Morgan fingerprint density at radius 2 is 1.94 bits per heavy atom. The van der Waals surface area contributed by atoms with Crippen LogP contribution in [-0.4, -0.2) is 17.3 Å². The van der Waals surface area contributed by atoms with Gasteiger partial charge in [0.25, 0.3) is 0 Å². The van der Waals surface area contributed by atoms with E-state index in [0.717, 1.165) is 32.1 Å². The van der Waals surface area contributed by atoms with Gasteiger partial charge in [0.15, 0.2) is 0 Å². The van der Waals surface area contributed by atoms with Gasteiger partial charge in [-0.1, -0.05) is 20.3 Å². The van der Waals surface area contributed by atoms with Crippen molar-refractivity contribution in [3.63, 3.8) is 0 Å². The number of nitrogens with two attached hydrogens (primary N) is 1. The van der Waals surface area contributed by atoms with Crippen LogP contribution in [0.25, 0.3) is 0 Å². The predicted molar refractivity (Wildman–Crippen MR) is 70.9 cm³/mol. The lowest BCUT2D eigenvalue weighted by Crippen LogP contribution is -2.34. The second-order valence-corrected chi connectivity index (χ2v) is 5.53. The maximum Gasteiger partial charge on any atom is 0.0694 e. The van der Waals surface area contributed by atoms with Crippen molar-refractivity contribution < 1.29 is 5.11 Å². The minimum absolute atomic E-state index is 0.0596. The first kappa shape index (κ1) is 13.7. The summed E-state index contributed by atoms with van der Waals surface area (Å²) in [5.41, 5.74) is 5.88. The highest BCUT2D eigenvalue weighted by Gasteiger charge is 2.13. The van der Waals surface area contributed by atoms with Gasteiger partial charge in [-0.25, -0.2) is 0 Å². The fraction of sp³-hybridized carbons (Fsp3) is 0.692. The molecular weight excluding hydrogens is 218 g/mol. The molecule has 0 radical (unpaired) electrons. The normalized spacial score (nSPS) is 15.0. The minimum atomic E-state index is -0.355. The van der Waals surface area contributed by atoms with E-state index in [0.29, 0.717) is 0 Å². The van der Waals surface area contributed by atoms with Crippen LogP contribution in [0, 0.1) is 0 Å². The lowest BCUT2D eigenvalue weighted by molar-refractivity contribution is 0.131. The smallest absolute Gasteiger partial charge is 0.0694 e. The van der Waals surface area contributed by atoms with E-state index in [4.69, 9.17) is 5.73 Å². The average molecular weight is 241 g/mol. The number of thiophene rings is 1. The Balaban J connectivity index is 2.33. The summed E-state index contributed by atoms with van der Waals surface area (Å²) in [6.07, 6.45) is 4.42. The van der Waals surface area contributed by atoms with E-state index in [-0.39, 0.29) is 12.1 Å². The Morgan fingerprint density at radius 1 is 1.25 bits per heavy atom. The summed E-state index contributed by atoms with van der Waals surface area (Å²) < 4.78 is 0. The maximum absolute atomic E-state index is 9.85. The predicted octanol–water partition coefficient (Wildman–Crippen LogP) is 2.73. The first-order chi connectivity index (χ1) is 7.67. The molecule has 0 saturated heterocycles. The molecule has 2 nitrogen and oxygen atoms in total. The maximum atomic E-state index is 9.85. The van der Waals surface area contributed by atoms with Gasteiger partial charge in [-0.3, -0.25) is 0 Å². The van der Waals surface area contributed by atoms with Crippen LogP contribution < -0.4 is 5.73 Å². The summed E-state index contributed by atoms with van der Waals surface area (Å²) in [5, 5.41) is 9.85. The van der Waals surface area contributed by atoms with E-state index in [9.17, 15) is 5.11 Å². The molecule has 1 rings (SSSR count). The molecule has 1 heterocycles. The highest BCUT2D eigenvalue weighted by Crippen LogP contribution is 2.19. The summed E-state index contributed by atoms with van der Waals surface area (Å²) in [6, 6.07) is 4.29. The number of rotatable bonds is 7. The van der Waals surface area contributed by atoms with E-state index in [1.165, 1.54) is 9.75 Å². The van der Waals surface area contributed by atoms with E-state index in [1.807, 2.05) is 11.3 Å². The van der Waals surface area contributed by atoms with Gasteiger partial charge in [-0.05, 0) is 37.8 Å². The van der Waals surface area contributed by atoms with Crippen molar-refractivity contribution in [1.29, 1.82) is 0 Å². The molecule has 0 aliphatic rings. The van der Waals surface area contributed by atoms with Crippen molar-refractivity contribution in [2.24, 2.45) is 5.73 Å². The van der Waals surface area contributed by atoms with Crippen LogP contribution in [0.4, 0.5) is 0 Å². The van der Waals surface area contributed by atoms with Gasteiger partial charge in [0.05, 0.1) is 6.10 Å². The van der Waals surface area contributed by atoms with Crippen LogP contribution in [0.1, 0.15) is 42.9 Å². The largest absolute Gasteiger partial charge is 0.392 e. The molecule has 3 N–H and O–H groups in total. The Bertz CT molecular complexity index is 298. The van der Waals surface area contributed by atoms with Gasteiger partial charge in [0.1, 0.15) is 0 Å². The molecular formula is C13H23NOS. The molecule has 0 aliphatic heterocycles. The van der Waals surface area contributed by atoms with Gasteiger partial charge >= 0.3 is 0 Å². The number of aliphatic hydroxyl groups is 1. The lowest BCUT2D eigenvalue weighted by Gasteiger charge is -2.17. The zero-order valence-electron chi connectivity index (χ0n) is 10.3. The summed E-state index contributed by atoms with van der Waals surface area (Å²) in [6.45, 7) is 4.26. The molecule has 2 unspecified atom stereocenters. The SMILES string of the molecule is CCCC(N)C(O)CCc1ccc(CC)s1. The Morgan fingerprint density at radius 3 is 2.50 bits per heavy atom. The number of hydrogen-bond donors (Lipinski definition) is 2. The van der Waals surface area contributed by atoms with E-state index in [2.05, 4.69) is 26.0 Å². The van der Waals surface area contributed by atoms with Crippen molar-refractivity contribution in [3.05, 3.63) is 21.9 Å². The summed E-state index contributed by atoms with van der Waals surface area (Å²) >= 11 is 1.85. The van der Waals surface area contributed by atoms with E-state index >= 15 is 0 Å². The van der Waals surface area contributed by atoms with Crippen LogP contribution in [0.3, 0.4) is 0 Å². The molecule has 0 fully saturated rings. The summed E-state index contributed by atoms with van der Waals surface area (Å²) in [7, 11) is 0. The molecule has 92 valence electrons. The third-order valence-corrected chi connectivity index (χ3v) is 4.16. The fourth-order valence-corrected chi connectivity index (χ4v) is 2.75. The average Bonchev–Trinajstić information content (AvgIpc) is 2.74. The Hall–Kier alpha value is -0.380. The molecule has 0 aromatic carbocycles. The first-order valence-electron chi connectivity index (χ1n) is 6.18. The van der Waals surface area contributed by atoms with Crippen LogP contribution >= 0.6 is 11.3 Å². The van der Waals surface area contributed by atoms with Crippen LogP contribution in [-0.2, 0) is 12.8 Å². The highest BCUT2D eigenvalue weighted by atomic mass is 32.1. The second-order valence-electron chi connectivity index (χ2n) is 4.28. The van der Waals surface area contributed by atoms with Crippen molar-refractivity contribution >= 4 is 11.3 Å². The third kappa shape index (κ3) is 4.24. The third-order valence-electron chi connectivity index (χ3n) is 2.87. The van der Waals surface area contributed by atoms with Crippen LogP contribution in [0.5, 0.6) is 0 Å². The summed E-state index contributed by atoms with van der Waals surface area (Å²) in [5.74, 6) is 0.